The van der Waals surface area contributed by atoms with Crippen molar-refractivity contribution in [1.82, 2.24) is 14.5 Å². The number of rotatable bonds is 12. The molecule has 0 bridgehead atoms. The molecule has 1 saturated heterocycles. The highest BCUT2D eigenvalue weighted by atomic mass is 32.2. The fourth-order valence-corrected chi connectivity index (χ4v) is 4.97. The average Bonchev–Trinajstić information content (AvgIpc) is 2.62. The van der Waals surface area contributed by atoms with Crippen LogP contribution in [-0.4, -0.2) is 67.4 Å². The van der Waals surface area contributed by atoms with Crippen molar-refractivity contribution in [2.45, 2.75) is 78.2 Å². The molecule has 0 unspecified atom stereocenters. The zero-order chi connectivity index (χ0) is 20.3. The van der Waals surface area contributed by atoms with Crippen molar-refractivity contribution in [3.05, 3.63) is 0 Å². The third kappa shape index (κ3) is 8.60. The summed E-state index contributed by atoms with van der Waals surface area (Å²) in [6.07, 6.45) is 5.10. The smallest absolute Gasteiger partial charge is 0.222 e. The van der Waals surface area contributed by atoms with Crippen molar-refractivity contribution >= 4 is 21.8 Å². The first-order valence-electron chi connectivity index (χ1n) is 10.4. The normalized spacial score (nSPS) is 16.3. The van der Waals surface area contributed by atoms with Gasteiger partial charge in [-0.1, -0.05) is 20.8 Å². The van der Waals surface area contributed by atoms with Crippen LogP contribution in [0.1, 0.15) is 72.1 Å². The number of nitrogens with zero attached hydrogens (tertiary/aromatic N) is 2. The summed E-state index contributed by atoms with van der Waals surface area (Å²) in [6, 6.07) is 0.0259. The van der Waals surface area contributed by atoms with Crippen molar-refractivity contribution in [2.75, 3.05) is 31.9 Å². The summed E-state index contributed by atoms with van der Waals surface area (Å²) in [5, 5.41) is 2.99. The highest BCUT2D eigenvalue weighted by molar-refractivity contribution is 7.89. The fourth-order valence-electron chi connectivity index (χ4n) is 3.42. The summed E-state index contributed by atoms with van der Waals surface area (Å²) >= 11 is 0. The molecular weight excluding hydrogens is 366 g/mol. The van der Waals surface area contributed by atoms with Crippen LogP contribution in [0.3, 0.4) is 0 Å². The first-order valence-corrected chi connectivity index (χ1v) is 12.0. The van der Waals surface area contributed by atoms with Crippen LogP contribution in [0, 0.1) is 0 Å². The molecule has 0 aliphatic carbocycles. The van der Waals surface area contributed by atoms with Gasteiger partial charge in [-0.25, -0.2) is 12.7 Å². The van der Waals surface area contributed by atoms with Gasteiger partial charge in [-0.15, -0.1) is 0 Å². The maximum absolute atomic E-state index is 12.2. The van der Waals surface area contributed by atoms with Crippen molar-refractivity contribution in [1.29, 1.82) is 0 Å². The molecule has 0 atom stereocenters. The SMILES string of the molecule is CCCN(CCC)C(=O)CCCC(=O)NC1CCN(S(=O)(=O)CCC)CC1. The molecule has 1 rings (SSSR count). The zero-order valence-corrected chi connectivity index (χ0v) is 18.0. The summed E-state index contributed by atoms with van der Waals surface area (Å²) in [5.41, 5.74) is 0. The number of carbonyl (C=O) groups excluding carboxylic acids is 2. The third-order valence-corrected chi connectivity index (χ3v) is 6.88. The molecule has 7 nitrogen and oxygen atoms in total. The zero-order valence-electron chi connectivity index (χ0n) is 17.2. The number of amides is 2. The predicted molar refractivity (Wildman–Crippen MR) is 108 cm³/mol. The maximum atomic E-state index is 12.2. The molecular formula is C19H37N3O4S. The summed E-state index contributed by atoms with van der Waals surface area (Å²) in [6.45, 7) is 8.46. The Morgan fingerprint density at radius 1 is 1.00 bits per heavy atom. The lowest BCUT2D eigenvalue weighted by Crippen LogP contribution is -2.47. The van der Waals surface area contributed by atoms with E-state index in [2.05, 4.69) is 19.2 Å². The number of sulfonamides is 1. The topological polar surface area (TPSA) is 86.8 Å². The highest BCUT2D eigenvalue weighted by Gasteiger charge is 2.27. The van der Waals surface area contributed by atoms with E-state index in [1.54, 1.807) is 0 Å². The lowest BCUT2D eigenvalue weighted by atomic mass is 10.1. The van der Waals surface area contributed by atoms with Crippen LogP contribution in [0.2, 0.25) is 0 Å². The quantitative estimate of drug-likeness (QED) is 0.541. The second-order valence-electron chi connectivity index (χ2n) is 7.29. The molecule has 8 heteroatoms. The Hall–Kier alpha value is -1.15. The van der Waals surface area contributed by atoms with Crippen LogP contribution in [0.5, 0.6) is 0 Å². The van der Waals surface area contributed by atoms with Crippen LogP contribution in [0.25, 0.3) is 0 Å². The Morgan fingerprint density at radius 3 is 2.11 bits per heavy atom. The molecule has 1 aliphatic heterocycles. The Balaban J connectivity index is 2.29. The van der Waals surface area contributed by atoms with E-state index in [4.69, 9.17) is 0 Å². The van der Waals surface area contributed by atoms with Gasteiger partial charge in [0.2, 0.25) is 21.8 Å². The number of piperidine rings is 1. The van der Waals surface area contributed by atoms with Crippen LogP contribution >= 0.6 is 0 Å². The van der Waals surface area contributed by atoms with Gasteiger partial charge in [-0.3, -0.25) is 9.59 Å². The van der Waals surface area contributed by atoms with E-state index in [-0.39, 0.29) is 23.6 Å². The van der Waals surface area contributed by atoms with Gasteiger partial charge in [0.05, 0.1) is 5.75 Å². The molecule has 0 radical (unpaired) electrons. The maximum Gasteiger partial charge on any atom is 0.222 e. The monoisotopic (exact) mass is 403 g/mol. The van der Waals surface area contributed by atoms with Gasteiger partial charge >= 0.3 is 0 Å². The lowest BCUT2D eigenvalue weighted by Gasteiger charge is -2.31. The highest BCUT2D eigenvalue weighted by Crippen LogP contribution is 2.15. The molecule has 0 aromatic carbocycles. The van der Waals surface area contributed by atoms with Gasteiger partial charge in [-0.2, -0.15) is 0 Å². The minimum Gasteiger partial charge on any atom is -0.353 e. The van der Waals surface area contributed by atoms with Gasteiger partial charge in [0, 0.05) is 45.1 Å². The van der Waals surface area contributed by atoms with Crippen LogP contribution < -0.4 is 5.32 Å². The Morgan fingerprint density at radius 2 is 1.59 bits per heavy atom. The average molecular weight is 404 g/mol. The van der Waals surface area contributed by atoms with E-state index >= 15 is 0 Å². The number of nitrogens with one attached hydrogen (secondary N) is 1. The van der Waals surface area contributed by atoms with E-state index < -0.39 is 10.0 Å². The molecule has 0 spiro atoms. The predicted octanol–water partition coefficient (Wildman–Crippen LogP) is 2.13. The first-order chi connectivity index (χ1) is 12.8. The van der Waals surface area contributed by atoms with E-state index in [0.717, 1.165) is 25.9 Å². The molecule has 1 heterocycles. The summed E-state index contributed by atoms with van der Waals surface area (Å²) in [5.74, 6) is 0.265. The Bertz CT molecular complexity index is 551. The second-order valence-corrected chi connectivity index (χ2v) is 9.38. The van der Waals surface area contributed by atoms with Crippen LogP contribution in [0.4, 0.5) is 0 Å². The summed E-state index contributed by atoms with van der Waals surface area (Å²) in [7, 11) is -3.15. The number of carbonyl (C=O) groups is 2. The van der Waals surface area contributed by atoms with Gasteiger partial charge in [0.25, 0.3) is 0 Å². The summed E-state index contributed by atoms with van der Waals surface area (Å²) in [4.78, 5) is 26.2. The van der Waals surface area contributed by atoms with Crippen molar-refractivity contribution in [2.24, 2.45) is 0 Å². The lowest BCUT2D eigenvalue weighted by molar-refractivity contribution is -0.131. The van der Waals surface area contributed by atoms with Crippen LogP contribution in [-0.2, 0) is 19.6 Å². The molecule has 0 aromatic heterocycles. The summed E-state index contributed by atoms with van der Waals surface area (Å²) < 4.78 is 25.7. The van der Waals surface area contributed by atoms with Gasteiger partial charge in [0.15, 0.2) is 0 Å². The second kappa shape index (κ2) is 12.3. The number of hydrogen-bond donors (Lipinski definition) is 1. The third-order valence-electron chi connectivity index (χ3n) is 4.81. The van der Waals surface area contributed by atoms with Crippen molar-refractivity contribution < 1.29 is 18.0 Å². The van der Waals surface area contributed by atoms with Crippen molar-refractivity contribution in [3.63, 3.8) is 0 Å². The van der Waals surface area contributed by atoms with E-state index in [1.165, 1.54) is 4.31 Å². The minimum atomic E-state index is -3.15. The van der Waals surface area contributed by atoms with E-state index in [9.17, 15) is 18.0 Å². The Kier molecular flexibility index (Phi) is 10.9. The van der Waals surface area contributed by atoms with Crippen molar-refractivity contribution in [3.8, 4) is 0 Å². The van der Waals surface area contributed by atoms with Gasteiger partial charge < -0.3 is 10.2 Å². The number of hydrogen-bond acceptors (Lipinski definition) is 4. The van der Waals surface area contributed by atoms with Crippen LogP contribution in [0.15, 0.2) is 0 Å². The Labute approximate surface area is 164 Å². The molecule has 0 saturated carbocycles. The standard InChI is InChI=1S/C19H37N3O4S/c1-4-12-21(13-5-2)19(24)9-7-8-18(23)20-17-10-14-22(15-11-17)27(25,26)16-6-3/h17H,4-16H2,1-3H3,(H,20,23). The fraction of sp³-hybridized carbons (Fsp3) is 0.895. The molecule has 2 amide bonds. The molecule has 27 heavy (non-hydrogen) atoms. The molecule has 1 N–H and O–H groups in total. The molecule has 158 valence electrons. The molecule has 1 aliphatic rings. The van der Waals surface area contributed by atoms with E-state index in [0.29, 0.717) is 51.6 Å². The first kappa shape index (κ1) is 23.9. The van der Waals surface area contributed by atoms with Gasteiger partial charge in [-0.05, 0) is 38.5 Å². The minimum absolute atomic E-state index is 0.0259. The molecule has 1 fully saturated rings. The largest absolute Gasteiger partial charge is 0.353 e. The molecule has 0 aromatic rings. The van der Waals surface area contributed by atoms with Gasteiger partial charge in [0.1, 0.15) is 0 Å². The van der Waals surface area contributed by atoms with E-state index in [1.807, 2.05) is 11.8 Å².